The molecule has 3 aromatic carbocycles. The number of hydrogen-bond acceptors (Lipinski definition) is 3. The Morgan fingerprint density at radius 1 is 0.853 bits per heavy atom. The van der Waals surface area contributed by atoms with Crippen molar-refractivity contribution in [1.82, 2.24) is 0 Å². The van der Waals surface area contributed by atoms with Gasteiger partial charge in [0.2, 0.25) is 11.8 Å². The largest absolute Gasteiger partial charge is 0.493 e. The first-order chi connectivity index (χ1) is 16.2. The van der Waals surface area contributed by atoms with E-state index in [0.717, 1.165) is 23.3 Å². The maximum atomic E-state index is 12.9. The lowest BCUT2D eigenvalue weighted by Crippen LogP contribution is -2.31. The normalized spacial score (nSPS) is 11.1. The molecule has 0 aliphatic carbocycles. The van der Waals surface area contributed by atoms with Crippen molar-refractivity contribution in [3.63, 3.8) is 0 Å². The second-order valence-corrected chi connectivity index (χ2v) is 9.35. The fourth-order valence-corrected chi connectivity index (χ4v) is 3.63. The second kappa shape index (κ2) is 11.5. The average molecular weight is 459 g/mol. The summed E-state index contributed by atoms with van der Waals surface area (Å²) in [6, 6.07) is 23.0. The number of anilines is 2. The molecule has 2 N–H and O–H groups in total. The van der Waals surface area contributed by atoms with E-state index in [-0.39, 0.29) is 11.8 Å². The fraction of sp³-hybridized carbons (Fsp3) is 0.310. The fourth-order valence-electron chi connectivity index (χ4n) is 3.63. The van der Waals surface area contributed by atoms with Crippen LogP contribution in [-0.4, -0.2) is 18.4 Å². The van der Waals surface area contributed by atoms with Gasteiger partial charge < -0.3 is 15.4 Å². The molecule has 178 valence electrons. The zero-order chi connectivity index (χ0) is 24.6. The number of nitrogens with one attached hydrogen (secondary N) is 2. The quantitative estimate of drug-likeness (QED) is 0.350. The summed E-state index contributed by atoms with van der Waals surface area (Å²) in [5, 5.41) is 5.89. The van der Waals surface area contributed by atoms with Gasteiger partial charge in [-0.25, -0.2) is 0 Å². The van der Waals surface area contributed by atoms with Gasteiger partial charge >= 0.3 is 0 Å². The summed E-state index contributed by atoms with van der Waals surface area (Å²) in [4.78, 5) is 25.3. The minimum atomic E-state index is -0.558. The highest BCUT2D eigenvalue weighted by Gasteiger charge is 2.27. The minimum absolute atomic E-state index is 0.0630. The maximum Gasteiger partial charge on any atom is 0.230 e. The standard InChI is InChI=1S/C29H34N2O3/c1-21-14-15-22(2)26(18-21)34-17-9-16-29(3,4)28(33)31-25-13-8-12-24(20-25)30-27(32)19-23-10-6-5-7-11-23/h5-8,10-15,18,20H,9,16-17,19H2,1-4H3,(H,30,32)(H,31,33). The van der Waals surface area contributed by atoms with Crippen LogP contribution in [0.15, 0.2) is 72.8 Å². The highest BCUT2D eigenvalue weighted by atomic mass is 16.5. The molecule has 0 unspecified atom stereocenters. The van der Waals surface area contributed by atoms with Crippen molar-refractivity contribution in [1.29, 1.82) is 0 Å². The molecule has 0 fully saturated rings. The van der Waals surface area contributed by atoms with Gasteiger partial charge in [0.05, 0.1) is 13.0 Å². The molecule has 0 saturated carbocycles. The van der Waals surface area contributed by atoms with Gasteiger partial charge in [-0.05, 0) is 67.6 Å². The highest BCUT2D eigenvalue weighted by Crippen LogP contribution is 2.26. The van der Waals surface area contributed by atoms with Crippen LogP contribution in [0.25, 0.3) is 0 Å². The third-order valence-electron chi connectivity index (χ3n) is 5.77. The van der Waals surface area contributed by atoms with E-state index in [0.29, 0.717) is 30.8 Å². The van der Waals surface area contributed by atoms with Crippen molar-refractivity contribution in [3.05, 3.63) is 89.5 Å². The molecule has 0 atom stereocenters. The van der Waals surface area contributed by atoms with Crippen LogP contribution in [0.5, 0.6) is 5.75 Å². The summed E-state index contributed by atoms with van der Waals surface area (Å²) >= 11 is 0. The van der Waals surface area contributed by atoms with Crippen molar-refractivity contribution in [2.75, 3.05) is 17.2 Å². The van der Waals surface area contributed by atoms with Crippen molar-refractivity contribution in [3.8, 4) is 5.75 Å². The Morgan fingerprint density at radius 3 is 2.29 bits per heavy atom. The van der Waals surface area contributed by atoms with Crippen LogP contribution in [0.3, 0.4) is 0 Å². The highest BCUT2D eigenvalue weighted by molar-refractivity contribution is 5.96. The summed E-state index contributed by atoms with van der Waals surface area (Å²) in [6.07, 6.45) is 1.76. The molecule has 0 radical (unpaired) electrons. The van der Waals surface area contributed by atoms with Crippen LogP contribution in [0.4, 0.5) is 11.4 Å². The number of aryl methyl sites for hydroxylation is 2. The van der Waals surface area contributed by atoms with Crippen LogP contribution in [0.1, 0.15) is 43.4 Å². The van der Waals surface area contributed by atoms with Crippen molar-refractivity contribution in [2.24, 2.45) is 5.41 Å². The number of hydrogen-bond donors (Lipinski definition) is 2. The Balaban J connectivity index is 1.49. The first kappa shape index (κ1) is 25.0. The Kier molecular flexibility index (Phi) is 8.47. The number of carbonyl (C=O) groups excluding carboxylic acids is 2. The van der Waals surface area contributed by atoms with Crippen molar-refractivity contribution < 1.29 is 14.3 Å². The average Bonchev–Trinajstić information content (AvgIpc) is 2.79. The third kappa shape index (κ3) is 7.48. The topological polar surface area (TPSA) is 67.4 Å². The minimum Gasteiger partial charge on any atom is -0.493 e. The maximum absolute atomic E-state index is 12.9. The van der Waals surface area contributed by atoms with Crippen LogP contribution in [0.2, 0.25) is 0 Å². The summed E-state index contributed by atoms with van der Waals surface area (Å²) in [6.45, 7) is 8.51. The number of amides is 2. The molecule has 34 heavy (non-hydrogen) atoms. The molecule has 5 heteroatoms. The SMILES string of the molecule is Cc1ccc(C)c(OCCCC(C)(C)C(=O)Nc2cccc(NC(=O)Cc3ccccc3)c2)c1. The Hall–Kier alpha value is -3.60. The van der Waals surface area contributed by atoms with Gasteiger partial charge in [-0.3, -0.25) is 9.59 Å². The van der Waals surface area contributed by atoms with Gasteiger partial charge in [0.25, 0.3) is 0 Å². The molecule has 0 aliphatic rings. The second-order valence-electron chi connectivity index (χ2n) is 9.35. The van der Waals surface area contributed by atoms with E-state index in [2.05, 4.69) is 22.8 Å². The number of rotatable bonds is 10. The third-order valence-corrected chi connectivity index (χ3v) is 5.77. The van der Waals surface area contributed by atoms with E-state index in [1.54, 1.807) is 6.07 Å². The van der Waals surface area contributed by atoms with Crippen LogP contribution in [0, 0.1) is 19.3 Å². The van der Waals surface area contributed by atoms with E-state index in [1.165, 1.54) is 5.56 Å². The molecule has 0 spiro atoms. The number of ether oxygens (including phenoxy) is 1. The molecule has 0 saturated heterocycles. The van der Waals surface area contributed by atoms with Crippen molar-refractivity contribution in [2.45, 2.75) is 47.0 Å². The summed E-state index contributed by atoms with van der Waals surface area (Å²) in [5.74, 6) is 0.735. The first-order valence-electron chi connectivity index (χ1n) is 11.7. The van der Waals surface area contributed by atoms with Gasteiger partial charge in [0.1, 0.15) is 5.75 Å². The molecule has 0 aromatic heterocycles. The Morgan fingerprint density at radius 2 is 1.56 bits per heavy atom. The van der Waals surface area contributed by atoms with Gasteiger partial charge in [0, 0.05) is 16.8 Å². The monoisotopic (exact) mass is 458 g/mol. The molecule has 5 nitrogen and oxygen atoms in total. The van der Waals surface area contributed by atoms with Crippen LogP contribution in [-0.2, 0) is 16.0 Å². The molecule has 3 aromatic rings. The van der Waals surface area contributed by atoms with E-state index in [1.807, 2.05) is 82.3 Å². The van der Waals surface area contributed by atoms with Gasteiger partial charge in [-0.2, -0.15) is 0 Å². The predicted octanol–water partition coefficient (Wildman–Crippen LogP) is 6.31. The molecule has 0 heterocycles. The van der Waals surface area contributed by atoms with E-state index < -0.39 is 5.41 Å². The Labute approximate surface area is 202 Å². The summed E-state index contributed by atoms with van der Waals surface area (Å²) < 4.78 is 5.93. The summed E-state index contributed by atoms with van der Waals surface area (Å²) in [7, 11) is 0. The van der Waals surface area contributed by atoms with Gasteiger partial charge in [0.15, 0.2) is 0 Å². The van der Waals surface area contributed by atoms with E-state index in [9.17, 15) is 9.59 Å². The van der Waals surface area contributed by atoms with Gasteiger partial charge in [-0.15, -0.1) is 0 Å². The van der Waals surface area contributed by atoms with Crippen LogP contribution >= 0.6 is 0 Å². The smallest absolute Gasteiger partial charge is 0.230 e. The van der Waals surface area contributed by atoms with Crippen molar-refractivity contribution >= 4 is 23.2 Å². The molecule has 0 aliphatic heterocycles. The molecule has 2 amide bonds. The lowest BCUT2D eigenvalue weighted by molar-refractivity contribution is -0.124. The molecule has 3 rings (SSSR count). The Bertz CT molecular complexity index is 1120. The van der Waals surface area contributed by atoms with E-state index >= 15 is 0 Å². The number of benzene rings is 3. The lowest BCUT2D eigenvalue weighted by Gasteiger charge is -2.24. The molecular formula is C29H34N2O3. The van der Waals surface area contributed by atoms with Gasteiger partial charge in [-0.1, -0.05) is 62.4 Å². The zero-order valence-corrected chi connectivity index (χ0v) is 20.5. The molecular weight excluding hydrogens is 424 g/mol. The van der Waals surface area contributed by atoms with Crippen LogP contribution < -0.4 is 15.4 Å². The number of carbonyl (C=O) groups is 2. The summed E-state index contributed by atoms with van der Waals surface area (Å²) in [5.41, 5.74) is 3.97. The van der Waals surface area contributed by atoms with E-state index in [4.69, 9.17) is 4.74 Å². The first-order valence-corrected chi connectivity index (χ1v) is 11.7. The predicted molar refractivity (Wildman–Crippen MR) is 138 cm³/mol. The lowest BCUT2D eigenvalue weighted by atomic mass is 9.87. The molecule has 0 bridgehead atoms. The zero-order valence-electron chi connectivity index (χ0n) is 20.5.